The maximum atomic E-state index is 13.0. The highest BCUT2D eigenvalue weighted by Crippen LogP contribution is 2.24. The summed E-state index contributed by atoms with van der Waals surface area (Å²) in [6.45, 7) is 0. The second kappa shape index (κ2) is 9.75. The van der Waals surface area contributed by atoms with Gasteiger partial charge in [-0.3, -0.25) is 4.79 Å². The lowest BCUT2D eigenvalue weighted by molar-refractivity contribution is -0.141. The molecule has 1 aromatic heterocycles. The number of nitrogens with one attached hydrogen (secondary N) is 2. The number of aromatic amines is 1. The Balaban J connectivity index is 1.50. The standard InChI is InChI=1S/C26H24N2O3S/c29-25(22(16-32)19-12-10-18(11-13-19)17-6-2-1-3-7-17)28-24(26(30)31)14-20-15-27-23-9-5-4-8-21(20)23/h1-13,15,22,24,27,32H,14,16H2,(H,28,29)(H,30,31). The minimum absolute atomic E-state index is 0.192. The Morgan fingerprint density at radius 2 is 1.56 bits per heavy atom. The quantitative estimate of drug-likeness (QED) is 0.298. The lowest BCUT2D eigenvalue weighted by atomic mass is 9.96. The third-order valence-electron chi connectivity index (χ3n) is 5.63. The smallest absolute Gasteiger partial charge is 0.326 e. The molecule has 0 saturated carbocycles. The van der Waals surface area contributed by atoms with Crippen molar-refractivity contribution in [2.24, 2.45) is 0 Å². The van der Waals surface area contributed by atoms with E-state index in [9.17, 15) is 14.7 Å². The van der Waals surface area contributed by atoms with Gasteiger partial charge in [0.05, 0.1) is 5.92 Å². The van der Waals surface area contributed by atoms with Gasteiger partial charge >= 0.3 is 5.97 Å². The number of fused-ring (bicyclic) bond motifs is 1. The van der Waals surface area contributed by atoms with Crippen molar-refractivity contribution in [1.82, 2.24) is 10.3 Å². The summed E-state index contributed by atoms with van der Waals surface area (Å²) in [4.78, 5) is 28.1. The molecule has 6 heteroatoms. The van der Waals surface area contributed by atoms with Crippen LogP contribution in [0.5, 0.6) is 0 Å². The van der Waals surface area contributed by atoms with Crippen molar-refractivity contribution in [3.8, 4) is 11.1 Å². The Kier molecular flexibility index (Phi) is 6.61. The monoisotopic (exact) mass is 444 g/mol. The van der Waals surface area contributed by atoms with Gasteiger partial charge in [-0.2, -0.15) is 12.6 Å². The van der Waals surface area contributed by atoms with Crippen LogP contribution in [0.4, 0.5) is 0 Å². The molecule has 2 unspecified atom stereocenters. The molecule has 0 aliphatic carbocycles. The van der Waals surface area contributed by atoms with Gasteiger partial charge in [-0.25, -0.2) is 4.79 Å². The first-order valence-electron chi connectivity index (χ1n) is 10.4. The first-order chi connectivity index (χ1) is 15.6. The van der Waals surface area contributed by atoms with Crippen LogP contribution in [-0.2, 0) is 16.0 Å². The molecule has 2 atom stereocenters. The van der Waals surface area contributed by atoms with Crippen molar-refractivity contribution >= 4 is 35.4 Å². The SMILES string of the molecule is O=C(O)C(Cc1c[nH]c2ccccc12)NC(=O)C(CS)c1ccc(-c2ccccc2)cc1. The van der Waals surface area contributed by atoms with Gasteiger partial charge in [0.15, 0.2) is 0 Å². The predicted octanol–water partition coefficient (Wildman–Crippen LogP) is 4.66. The molecule has 0 aliphatic rings. The number of amides is 1. The lowest BCUT2D eigenvalue weighted by Crippen LogP contribution is -2.44. The largest absolute Gasteiger partial charge is 0.480 e. The molecule has 5 nitrogen and oxygen atoms in total. The molecule has 0 radical (unpaired) electrons. The number of para-hydroxylation sites is 1. The first kappa shape index (κ1) is 21.7. The van der Waals surface area contributed by atoms with Gasteiger partial charge in [0.25, 0.3) is 0 Å². The number of carbonyl (C=O) groups excluding carboxylic acids is 1. The molecule has 0 fully saturated rings. The third-order valence-corrected chi connectivity index (χ3v) is 6.00. The molecule has 32 heavy (non-hydrogen) atoms. The topological polar surface area (TPSA) is 82.2 Å². The zero-order valence-corrected chi connectivity index (χ0v) is 18.3. The molecule has 3 N–H and O–H groups in total. The first-order valence-corrected chi connectivity index (χ1v) is 11.0. The maximum absolute atomic E-state index is 13.0. The van der Waals surface area contributed by atoms with Gasteiger partial charge in [-0.15, -0.1) is 0 Å². The van der Waals surface area contributed by atoms with Crippen molar-refractivity contribution < 1.29 is 14.7 Å². The number of rotatable bonds is 8. The number of carboxylic acid groups (broad SMARTS) is 1. The van der Waals surface area contributed by atoms with E-state index in [2.05, 4.69) is 22.9 Å². The van der Waals surface area contributed by atoms with Crippen molar-refractivity contribution in [3.05, 3.63) is 96.2 Å². The molecular formula is C26H24N2O3S. The van der Waals surface area contributed by atoms with E-state index >= 15 is 0 Å². The number of benzene rings is 3. The molecule has 0 saturated heterocycles. The van der Waals surface area contributed by atoms with E-state index in [1.807, 2.05) is 78.9 Å². The number of aromatic nitrogens is 1. The van der Waals surface area contributed by atoms with Crippen LogP contribution < -0.4 is 5.32 Å². The maximum Gasteiger partial charge on any atom is 0.326 e. The second-order valence-electron chi connectivity index (χ2n) is 7.69. The van der Waals surface area contributed by atoms with Crippen LogP contribution in [0.25, 0.3) is 22.0 Å². The van der Waals surface area contributed by atoms with E-state index in [-0.39, 0.29) is 18.1 Å². The van der Waals surface area contributed by atoms with E-state index in [4.69, 9.17) is 0 Å². The number of hydrogen-bond donors (Lipinski definition) is 4. The average Bonchev–Trinajstić information content (AvgIpc) is 3.23. The van der Waals surface area contributed by atoms with E-state index in [0.717, 1.165) is 33.2 Å². The van der Waals surface area contributed by atoms with Crippen LogP contribution in [0, 0.1) is 0 Å². The van der Waals surface area contributed by atoms with Crippen molar-refractivity contribution in [2.75, 3.05) is 5.75 Å². The molecule has 0 bridgehead atoms. The van der Waals surface area contributed by atoms with Gasteiger partial charge < -0.3 is 15.4 Å². The fourth-order valence-corrected chi connectivity index (χ4v) is 4.25. The van der Waals surface area contributed by atoms with Crippen molar-refractivity contribution in [1.29, 1.82) is 0 Å². The van der Waals surface area contributed by atoms with E-state index in [1.54, 1.807) is 6.20 Å². The number of hydrogen-bond acceptors (Lipinski definition) is 3. The number of thiol groups is 1. The molecule has 162 valence electrons. The van der Waals surface area contributed by atoms with Gasteiger partial charge in [-0.1, -0.05) is 72.8 Å². The number of carbonyl (C=O) groups is 2. The van der Waals surface area contributed by atoms with E-state index < -0.39 is 17.9 Å². The minimum atomic E-state index is -1.07. The Hall–Kier alpha value is -3.51. The van der Waals surface area contributed by atoms with Gasteiger partial charge in [0, 0.05) is 29.3 Å². The summed E-state index contributed by atoms with van der Waals surface area (Å²) >= 11 is 4.36. The highest BCUT2D eigenvalue weighted by atomic mass is 32.1. The van der Waals surface area contributed by atoms with E-state index in [0.29, 0.717) is 0 Å². The summed E-state index contributed by atoms with van der Waals surface area (Å²) in [6, 6.07) is 24.4. The molecule has 4 aromatic rings. The average molecular weight is 445 g/mol. The van der Waals surface area contributed by atoms with Crippen LogP contribution in [0.3, 0.4) is 0 Å². The van der Waals surface area contributed by atoms with Gasteiger partial charge in [0.1, 0.15) is 6.04 Å². The Morgan fingerprint density at radius 3 is 2.25 bits per heavy atom. The molecule has 0 aliphatic heterocycles. The highest BCUT2D eigenvalue weighted by molar-refractivity contribution is 7.80. The summed E-state index contributed by atoms with van der Waals surface area (Å²) in [5.74, 6) is -1.69. The van der Waals surface area contributed by atoms with Gasteiger partial charge in [0.2, 0.25) is 5.91 Å². The second-order valence-corrected chi connectivity index (χ2v) is 8.05. The van der Waals surface area contributed by atoms with Gasteiger partial charge in [-0.05, 0) is 28.3 Å². The summed E-state index contributed by atoms with van der Waals surface area (Å²) in [5, 5.41) is 13.4. The normalized spacial score (nSPS) is 12.9. The van der Waals surface area contributed by atoms with Crippen LogP contribution in [0.1, 0.15) is 17.0 Å². The molecule has 1 heterocycles. The number of aliphatic carboxylic acids is 1. The van der Waals surface area contributed by atoms with Crippen LogP contribution >= 0.6 is 12.6 Å². The summed E-state index contributed by atoms with van der Waals surface area (Å²) in [6.07, 6.45) is 1.99. The summed E-state index contributed by atoms with van der Waals surface area (Å²) < 4.78 is 0. The summed E-state index contributed by atoms with van der Waals surface area (Å²) in [7, 11) is 0. The molecule has 3 aromatic carbocycles. The van der Waals surface area contributed by atoms with Crippen LogP contribution in [0.2, 0.25) is 0 Å². The Bertz CT molecular complexity index is 1220. The molecular weight excluding hydrogens is 420 g/mol. The Labute approximate surface area is 191 Å². The molecule has 0 spiro atoms. The van der Waals surface area contributed by atoms with E-state index in [1.165, 1.54) is 0 Å². The van der Waals surface area contributed by atoms with Crippen molar-refractivity contribution in [3.63, 3.8) is 0 Å². The fraction of sp³-hybridized carbons (Fsp3) is 0.154. The molecule has 1 amide bonds. The minimum Gasteiger partial charge on any atom is -0.480 e. The zero-order chi connectivity index (χ0) is 22.5. The number of carboxylic acids is 1. The van der Waals surface area contributed by atoms with Crippen LogP contribution in [0.15, 0.2) is 85.1 Å². The zero-order valence-electron chi connectivity index (χ0n) is 17.4. The molecule has 4 rings (SSSR count). The van der Waals surface area contributed by atoms with Crippen LogP contribution in [-0.4, -0.2) is 33.8 Å². The Morgan fingerprint density at radius 1 is 0.906 bits per heavy atom. The fourth-order valence-electron chi connectivity index (χ4n) is 3.87. The predicted molar refractivity (Wildman–Crippen MR) is 130 cm³/mol. The third kappa shape index (κ3) is 4.70. The number of H-pyrrole nitrogens is 1. The van der Waals surface area contributed by atoms with Crippen molar-refractivity contribution in [2.45, 2.75) is 18.4 Å². The highest BCUT2D eigenvalue weighted by Gasteiger charge is 2.26. The lowest BCUT2D eigenvalue weighted by Gasteiger charge is -2.20. The summed E-state index contributed by atoms with van der Waals surface area (Å²) in [5.41, 5.74) is 4.73.